The van der Waals surface area contributed by atoms with Gasteiger partial charge in [-0.15, -0.1) is 0 Å². The Kier molecular flexibility index (Phi) is 6.87. The van der Waals surface area contributed by atoms with E-state index in [-0.39, 0.29) is 36.1 Å². The summed E-state index contributed by atoms with van der Waals surface area (Å²) in [5.41, 5.74) is 6.16. The van der Waals surface area contributed by atoms with Crippen LogP contribution in [-0.2, 0) is 19.9 Å². The van der Waals surface area contributed by atoms with Gasteiger partial charge in [0.15, 0.2) is 0 Å². The molecule has 186 valence electrons. The first kappa shape index (κ1) is 24.5. The molecule has 9 heteroatoms. The zero-order chi connectivity index (χ0) is 24.5. The van der Waals surface area contributed by atoms with Crippen LogP contribution in [0.5, 0.6) is 0 Å². The largest absolute Gasteiger partial charge is 0.381 e. The molecule has 2 heterocycles. The van der Waals surface area contributed by atoms with Crippen LogP contribution in [0.25, 0.3) is 0 Å². The fourth-order valence-corrected chi connectivity index (χ4v) is 5.83. The van der Waals surface area contributed by atoms with E-state index in [9.17, 15) is 14.4 Å². The van der Waals surface area contributed by atoms with Gasteiger partial charge in [0.25, 0.3) is 0 Å². The van der Waals surface area contributed by atoms with Crippen LogP contribution in [0.4, 0.5) is 4.79 Å². The lowest BCUT2D eigenvalue weighted by molar-refractivity contribution is -0.134. The quantitative estimate of drug-likeness (QED) is 0.612. The van der Waals surface area contributed by atoms with Crippen molar-refractivity contribution in [3.05, 3.63) is 35.9 Å². The van der Waals surface area contributed by atoms with E-state index in [1.54, 1.807) is 11.9 Å². The predicted molar refractivity (Wildman–Crippen MR) is 128 cm³/mol. The summed E-state index contributed by atoms with van der Waals surface area (Å²) in [6.45, 7) is 2.32. The van der Waals surface area contributed by atoms with Crippen molar-refractivity contribution in [1.82, 2.24) is 19.6 Å². The average molecular weight is 472 g/mol. The van der Waals surface area contributed by atoms with E-state index in [4.69, 9.17) is 10.5 Å². The third kappa shape index (κ3) is 4.51. The van der Waals surface area contributed by atoms with Gasteiger partial charge in [-0.3, -0.25) is 14.5 Å². The number of carbonyl (C=O) groups excluding carboxylic acids is 3. The third-order valence-electron chi connectivity index (χ3n) is 8.03. The highest BCUT2D eigenvalue weighted by Gasteiger charge is 2.55. The Morgan fingerprint density at radius 2 is 1.74 bits per heavy atom. The van der Waals surface area contributed by atoms with Gasteiger partial charge in [-0.25, -0.2) is 4.79 Å². The van der Waals surface area contributed by atoms with Crippen LogP contribution in [0.1, 0.15) is 31.2 Å². The molecule has 9 nitrogen and oxygen atoms in total. The molecule has 3 aliphatic rings. The highest BCUT2D eigenvalue weighted by Crippen LogP contribution is 2.49. The van der Waals surface area contributed by atoms with E-state index < -0.39 is 5.91 Å². The number of carbonyl (C=O) groups is 3. The molecule has 4 rings (SSSR count). The molecular formula is C25H37N5O4. The van der Waals surface area contributed by atoms with Crippen molar-refractivity contribution >= 4 is 17.8 Å². The number of primary amides is 1. The topological polar surface area (TPSA) is 99.4 Å². The molecule has 1 aromatic carbocycles. The van der Waals surface area contributed by atoms with Crippen molar-refractivity contribution in [2.45, 2.75) is 36.8 Å². The minimum absolute atomic E-state index is 0.0421. The van der Waals surface area contributed by atoms with E-state index in [0.29, 0.717) is 32.2 Å². The summed E-state index contributed by atoms with van der Waals surface area (Å²) in [6.07, 6.45) is 3.58. The lowest BCUT2D eigenvalue weighted by Crippen LogP contribution is -2.57. The minimum Gasteiger partial charge on any atom is -0.381 e. The molecule has 3 fully saturated rings. The standard InChI is InChI=1S/C25H37N5O4/c1-27(2)25(20-7-5-4-6-8-20)11-9-24(10-12-25)18-29(15-22(32)28(3)14-21(26)31)23(33)30(24)13-19-16-34-17-19/h4-8,19H,9-18H2,1-3H3,(H2,26,31)/t24-,25+. The fourth-order valence-electron chi connectivity index (χ4n) is 5.83. The lowest BCUT2D eigenvalue weighted by atomic mass is 9.68. The molecule has 0 atom stereocenters. The highest BCUT2D eigenvalue weighted by molar-refractivity contribution is 5.88. The number of amides is 4. The number of nitrogens with two attached hydrogens (primary N) is 1. The molecule has 0 bridgehead atoms. The monoisotopic (exact) mass is 471 g/mol. The Labute approximate surface area is 201 Å². The van der Waals surface area contributed by atoms with Crippen LogP contribution in [0.15, 0.2) is 30.3 Å². The average Bonchev–Trinajstić information content (AvgIpc) is 3.01. The summed E-state index contributed by atoms with van der Waals surface area (Å²) < 4.78 is 5.38. The zero-order valence-electron chi connectivity index (χ0n) is 20.5. The molecule has 1 aromatic rings. The van der Waals surface area contributed by atoms with Crippen molar-refractivity contribution in [2.24, 2.45) is 11.7 Å². The van der Waals surface area contributed by atoms with E-state index in [1.165, 1.54) is 10.5 Å². The van der Waals surface area contributed by atoms with E-state index in [0.717, 1.165) is 25.7 Å². The molecule has 2 N–H and O–H groups in total. The van der Waals surface area contributed by atoms with Crippen LogP contribution in [0, 0.1) is 5.92 Å². The Morgan fingerprint density at radius 1 is 1.09 bits per heavy atom. The van der Waals surface area contributed by atoms with Gasteiger partial charge in [0.2, 0.25) is 11.8 Å². The van der Waals surface area contributed by atoms with Gasteiger partial charge in [0, 0.05) is 31.6 Å². The van der Waals surface area contributed by atoms with Gasteiger partial charge in [-0.1, -0.05) is 30.3 Å². The van der Waals surface area contributed by atoms with Crippen LogP contribution in [0.3, 0.4) is 0 Å². The normalized spacial score (nSPS) is 27.4. The first-order valence-corrected chi connectivity index (χ1v) is 12.1. The van der Waals surface area contributed by atoms with Gasteiger partial charge in [-0.05, 0) is 45.3 Å². The zero-order valence-corrected chi connectivity index (χ0v) is 20.5. The summed E-state index contributed by atoms with van der Waals surface area (Å²) in [7, 11) is 5.81. The molecule has 1 spiro atoms. The maximum Gasteiger partial charge on any atom is 0.321 e. The van der Waals surface area contributed by atoms with Gasteiger partial charge >= 0.3 is 6.03 Å². The van der Waals surface area contributed by atoms with Gasteiger partial charge in [0.05, 0.1) is 25.3 Å². The molecule has 0 aromatic heterocycles. The Hall–Kier alpha value is -2.65. The fraction of sp³-hybridized carbons (Fsp3) is 0.640. The molecule has 4 amide bonds. The minimum atomic E-state index is -0.570. The van der Waals surface area contributed by atoms with Crippen molar-refractivity contribution in [3.8, 4) is 0 Å². The first-order valence-electron chi connectivity index (χ1n) is 12.1. The first-order chi connectivity index (χ1) is 16.2. The van der Waals surface area contributed by atoms with Gasteiger partial charge in [-0.2, -0.15) is 0 Å². The molecule has 1 aliphatic carbocycles. The number of urea groups is 1. The Bertz CT molecular complexity index is 909. The molecule has 1 saturated carbocycles. The summed E-state index contributed by atoms with van der Waals surface area (Å²) in [6, 6.07) is 10.5. The highest BCUT2D eigenvalue weighted by atomic mass is 16.5. The van der Waals surface area contributed by atoms with Crippen LogP contribution in [0.2, 0.25) is 0 Å². The number of hydrogen-bond acceptors (Lipinski definition) is 5. The van der Waals surface area contributed by atoms with E-state index in [2.05, 4.69) is 43.3 Å². The summed E-state index contributed by atoms with van der Waals surface area (Å²) >= 11 is 0. The van der Waals surface area contributed by atoms with Gasteiger partial charge < -0.3 is 25.2 Å². The number of rotatable bonds is 8. The Balaban J connectivity index is 1.54. The smallest absolute Gasteiger partial charge is 0.321 e. The van der Waals surface area contributed by atoms with Crippen LogP contribution < -0.4 is 5.73 Å². The maximum atomic E-state index is 13.5. The second-order valence-corrected chi connectivity index (χ2v) is 10.4. The summed E-state index contributed by atoms with van der Waals surface area (Å²) in [4.78, 5) is 44.8. The van der Waals surface area contributed by atoms with E-state index >= 15 is 0 Å². The summed E-state index contributed by atoms with van der Waals surface area (Å²) in [5, 5.41) is 0. The second-order valence-electron chi connectivity index (χ2n) is 10.4. The number of nitrogens with zero attached hydrogens (tertiary/aromatic N) is 4. The van der Waals surface area contributed by atoms with Crippen molar-refractivity contribution in [1.29, 1.82) is 0 Å². The predicted octanol–water partition coefficient (Wildman–Crippen LogP) is 1.08. The number of hydrogen-bond donors (Lipinski definition) is 1. The molecule has 0 radical (unpaired) electrons. The summed E-state index contributed by atoms with van der Waals surface area (Å²) in [5.74, 6) is -0.512. The second kappa shape index (κ2) is 9.54. The molecule has 2 saturated heterocycles. The lowest BCUT2D eigenvalue weighted by Gasteiger charge is -2.51. The molecule has 34 heavy (non-hydrogen) atoms. The van der Waals surface area contributed by atoms with Crippen molar-refractivity contribution in [2.75, 3.05) is 60.5 Å². The van der Waals surface area contributed by atoms with Crippen molar-refractivity contribution < 1.29 is 19.1 Å². The SMILES string of the molecule is CN(CC(N)=O)C(=O)CN1C[C@]2(CC[C@](c3ccccc3)(N(C)C)CC2)N(CC2COC2)C1=O. The van der Waals surface area contributed by atoms with Gasteiger partial charge in [0.1, 0.15) is 6.54 Å². The molecule has 2 aliphatic heterocycles. The molecular weight excluding hydrogens is 434 g/mol. The third-order valence-corrected chi connectivity index (χ3v) is 8.03. The molecule has 0 unspecified atom stereocenters. The number of likely N-dealkylation sites (N-methyl/N-ethyl adjacent to an activating group) is 1. The number of benzene rings is 1. The maximum absolute atomic E-state index is 13.5. The van der Waals surface area contributed by atoms with Crippen LogP contribution in [-0.4, -0.2) is 104 Å². The Morgan fingerprint density at radius 3 is 2.26 bits per heavy atom. The van der Waals surface area contributed by atoms with Crippen molar-refractivity contribution in [3.63, 3.8) is 0 Å². The van der Waals surface area contributed by atoms with E-state index in [1.807, 2.05) is 11.0 Å². The number of ether oxygens (including phenoxy) is 1. The van der Waals surface area contributed by atoms with Crippen LogP contribution >= 0.6 is 0 Å².